The fourth-order valence-corrected chi connectivity index (χ4v) is 1.29. The number of halogens is 1. The zero-order chi connectivity index (χ0) is 12.1. The van der Waals surface area contributed by atoms with E-state index in [4.69, 9.17) is 4.74 Å². The van der Waals surface area contributed by atoms with Gasteiger partial charge in [-0.2, -0.15) is 0 Å². The van der Waals surface area contributed by atoms with Crippen LogP contribution in [0.1, 0.15) is 24.2 Å². The Bertz CT molecular complexity index is 377. The van der Waals surface area contributed by atoms with Crippen LogP contribution in [0.25, 0.3) is 0 Å². The molecule has 0 aliphatic heterocycles. The maximum atomic E-state index is 13.0. The van der Waals surface area contributed by atoms with Gasteiger partial charge in [0.1, 0.15) is 11.6 Å². The van der Waals surface area contributed by atoms with Crippen LogP contribution >= 0.6 is 0 Å². The van der Waals surface area contributed by atoms with Gasteiger partial charge < -0.3 is 10.1 Å². The van der Waals surface area contributed by atoms with Gasteiger partial charge in [0.25, 0.3) is 0 Å². The van der Waals surface area contributed by atoms with Crippen LogP contribution in [0.15, 0.2) is 18.2 Å². The highest BCUT2D eigenvalue weighted by Crippen LogP contribution is 2.19. The molecule has 0 amide bonds. The number of methoxy groups -OCH3 is 1. The Morgan fingerprint density at radius 1 is 1.50 bits per heavy atom. The van der Waals surface area contributed by atoms with E-state index in [1.165, 1.54) is 25.3 Å². The van der Waals surface area contributed by atoms with E-state index in [-0.39, 0.29) is 23.9 Å². The Morgan fingerprint density at radius 3 is 2.75 bits per heavy atom. The molecule has 1 aromatic rings. The lowest BCUT2D eigenvalue weighted by atomic mass is 10.1. The molecule has 16 heavy (non-hydrogen) atoms. The fourth-order valence-electron chi connectivity index (χ4n) is 1.29. The molecule has 0 fully saturated rings. The predicted molar refractivity (Wildman–Crippen MR) is 60.4 cm³/mol. The van der Waals surface area contributed by atoms with Gasteiger partial charge in [-0.1, -0.05) is 13.8 Å². The third-order valence-electron chi connectivity index (χ3n) is 2.13. The number of nitrogens with one attached hydrogen (secondary N) is 1. The zero-order valence-corrected chi connectivity index (χ0v) is 9.71. The number of Topliss-reactive ketones (excluding diaryl/α,β-unsaturated/α-hetero) is 1. The molecular weight excluding hydrogens is 209 g/mol. The molecule has 1 N–H and O–H groups in total. The van der Waals surface area contributed by atoms with Crippen molar-refractivity contribution in [1.82, 2.24) is 5.32 Å². The first kappa shape index (κ1) is 12.6. The molecule has 0 unspecified atom stereocenters. The molecule has 88 valence electrons. The van der Waals surface area contributed by atoms with Crippen molar-refractivity contribution in [3.63, 3.8) is 0 Å². The van der Waals surface area contributed by atoms with E-state index in [1.54, 1.807) is 0 Å². The topological polar surface area (TPSA) is 38.3 Å². The molecule has 3 nitrogen and oxygen atoms in total. The lowest BCUT2D eigenvalue weighted by Gasteiger charge is -2.10. The van der Waals surface area contributed by atoms with Crippen LogP contribution in [-0.2, 0) is 0 Å². The summed E-state index contributed by atoms with van der Waals surface area (Å²) in [6.07, 6.45) is 0. The summed E-state index contributed by atoms with van der Waals surface area (Å²) in [5, 5.41) is 2.99. The number of hydrogen-bond donors (Lipinski definition) is 1. The second-order valence-electron chi connectivity index (χ2n) is 3.80. The Morgan fingerprint density at radius 2 is 2.19 bits per heavy atom. The summed E-state index contributed by atoms with van der Waals surface area (Å²) in [6.45, 7) is 4.06. The Kier molecular flexibility index (Phi) is 4.43. The van der Waals surface area contributed by atoms with E-state index >= 15 is 0 Å². The fraction of sp³-hybridized carbons (Fsp3) is 0.417. The van der Waals surface area contributed by atoms with E-state index < -0.39 is 5.82 Å². The van der Waals surface area contributed by atoms with Gasteiger partial charge in [-0.15, -0.1) is 0 Å². The van der Waals surface area contributed by atoms with Crippen molar-refractivity contribution in [2.45, 2.75) is 19.9 Å². The summed E-state index contributed by atoms with van der Waals surface area (Å²) in [5.41, 5.74) is 0.274. The maximum Gasteiger partial charge on any atom is 0.180 e. The Hall–Kier alpha value is -1.42. The summed E-state index contributed by atoms with van der Waals surface area (Å²) in [7, 11) is 1.46. The average Bonchev–Trinajstić information content (AvgIpc) is 2.25. The minimum absolute atomic E-state index is 0.176. The van der Waals surface area contributed by atoms with Crippen LogP contribution in [-0.4, -0.2) is 25.5 Å². The normalized spacial score (nSPS) is 10.6. The lowest BCUT2D eigenvalue weighted by molar-refractivity contribution is 0.0985. The summed E-state index contributed by atoms with van der Waals surface area (Å²) < 4.78 is 18.0. The van der Waals surface area contributed by atoms with Crippen LogP contribution < -0.4 is 10.1 Å². The number of benzene rings is 1. The molecule has 0 saturated heterocycles. The molecule has 0 aliphatic carbocycles. The molecule has 0 spiro atoms. The average molecular weight is 225 g/mol. The molecule has 0 aliphatic rings. The van der Waals surface area contributed by atoms with Crippen LogP contribution in [0.5, 0.6) is 5.75 Å². The van der Waals surface area contributed by atoms with Crippen molar-refractivity contribution < 1.29 is 13.9 Å². The number of rotatable bonds is 5. The quantitative estimate of drug-likeness (QED) is 0.779. The van der Waals surface area contributed by atoms with Gasteiger partial charge in [0, 0.05) is 6.04 Å². The molecular formula is C12H16FNO2. The highest BCUT2D eigenvalue weighted by Gasteiger charge is 2.13. The van der Waals surface area contributed by atoms with Crippen molar-refractivity contribution in [3.8, 4) is 5.75 Å². The van der Waals surface area contributed by atoms with Crippen LogP contribution in [0.2, 0.25) is 0 Å². The highest BCUT2D eigenvalue weighted by atomic mass is 19.1. The van der Waals surface area contributed by atoms with Crippen molar-refractivity contribution in [3.05, 3.63) is 29.6 Å². The first-order valence-corrected chi connectivity index (χ1v) is 5.14. The van der Waals surface area contributed by atoms with Gasteiger partial charge in [-0.05, 0) is 18.2 Å². The largest absolute Gasteiger partial charge is 0.496 e. The van der Waals surface area contributed by atoms with Crippen molar-refractivity contribution >= 4 is 5.78 Å². The summed E-state index contributed by atoms with van der Waals surface area (Å²) >= 11 is 0. The number of ether oxygens (including phenoxy) is 1. The molecule has 0 saturated carbocycles. The van der Waals surface area contributed by atoms with Crippen molar-refractivity contribution in [1.29, 1.82) is 0 Å². The molecule has 0 bridgehead atoms. The maximum absolute atomic E-state index is 13.0. The van der Waals surface area contributed by atoms with Crippen molar-refractivity contribution in [2.24, 2.45) is 0 Å². The molecule has 0 aromatic heterocycles. The summed E-state index contributed by atoms with van der Waals surface area (Å²) in [5.74, 6) is -0.212. The third kappa shape index (κ3) is 3.31. The number of carbonyl (C=O) groups is 1. The molecule has 0 radical (unpaired) electrons. The van der Waals surface area contributed by atoms with E-state index in [9.17, 15) is 9.18 Å². The van der Waals surface area contributed by atoms with E-state index in [1.807, 2.05) is 13.8 Å². The predicted octanol–water partition coefficient (Wildman–Crippen LogP) is 2.01. The van der Waals surface area contributed by atoms with Gasteiger partial charge in [0.15, 0.2) is 5.78 Å². The summed E-state index contributed by atoms with van der Waals surface area (Å²) in [6, 6.07) is 4.13. The third-order valence-corrected chi connectivity index (χ3v) is 2.13. The minimum Gasteiger partial charge on any atom is -0.496 e. The van der Waals surface area contributed by atoms with Crippen molar-refractivity contribution in [2.75, 3.05) is 13.7 Å². The van der Waals surface area contributed by atoms with Crippen LogP contribution in [0.4, 0.5) is 4.39 Å². The number of hydrogen-bond acceptors (Lipinski definition) is 3. The molecule has 4 heteroatoms. The van der Waals surface area contributed by atoms with Gasteiger partial charge in [0.2, 0.25) is 0 Å². The standard InChI is InChI=1S/C12H16FNO2/c1-8(2)14-7-11(15)10-6-9(13)4-5-12(10)16-3/h4-6,8,14H,7H2,1-3H3. The van der Waals surface area contributed by atoms with E-state index in [0.29, 0.717) is 5.75 Å². The number of ketones is 1. The SMILES string of the molecule is COc1ccc(F)cc1C(=O)CNC(C)C. The Labute approximate surface area is 94.6 Å². The van der Waals surface area contributed by atoms with Gasteiger partial charge in [-0.25, -0.2) is 4.39 Å². The first-order valence-electron chi connectivity index (χ1n) is 5.14. The second-order valence-corrected chi connectivity index (χ2v) is 3.80. The lowest BCUT2D eigenvalue weighted by Crippen LogP contribution is -2.29. The van der Waals surface area contributed by atoms with Gasteiger partial charge in [-0.3, -0.25) is 4.79 Å². The highest BCUT2D eigenvalue weighted by molar-refractivity contribution is 6.00. The van der Waals surface area contributed by atoms with Gasteiger partial charge >= 0.3 is 0 Å². The minimum atomic E-state index is -0.436. The molecule has 1 aromatic carbocycles. The van der Waals surface area contributed by atoms with Gasteiger partial charge in [0.05, 0.1) is 19.2 Å². The van der Waals surface area contributed by atoms with E-state index in [2.05, 4.69) is 5.32 Å². The van der Waals surface area contributed by atoms with Crippen LogP contribution in [0, 0.1) is 5.82 Å². The summed E-state index contributed by atoms with van der Waals surface area (Å²) in [4.78, 5) is 11.8. The van der Waals surface area contributed by atoms with E-state index in [0.717, 1.165) is 0 Å². The Balaban J connectivity index is 2.84. The van der Waals surface area contributed by atoms with Crippen LogP contribution in [0.3, 0.4) is 0 Å². The molecule has 0 heterocycles. The number of carbonyl (C=O) groups excluding carboxylic acids is 1. The smallest absolute Gasteiger partial charge is 0.180 e. The molecule has 1 rings (SSSR count). The zero-order valence-electron chi connectivity index (χ0n) is 9.71. The molecule has 0 atom stereocenters. The first-order chi connectivity index (χ1) is 7.54. The monoisotopic (exact) mass is 225 g/mol. The second kappa shape index (κ2) is 5.61.